The zero-order chi connectivity index (χ0) is 14.5. The zero-order valence-electron chi connectivity index (χ0n) is 10.1. The number of benzene rings is 1. The van der Waals surface area contributed by atoms with Crippen LogP contribution in [0, 0.1) is 10.1 Å². The molecule has 0 aliphatic rings. The fourth-order valence-corrected chi connectivity index (χ4v) is 1.83. The Balaban J connectivity index is 2.23. The van der Waals surface area contributed by atoms with Crippen LogP contribution in [-0.2, 0) is 17.7 Å². The molecule has 1 atom stereocenters. The molecule has 104 valence electrons. The van der Waals surface area contributed by atoms with E-state index in [2.05, 4.69) is 4.98 Å². The first kappa shape index (κ1) is 14.1. The van der Waals surface area contributed by atoms with Crippen molar-refractivity contribution in [1.82, 2.24) is 4.98 Å². The molecule has 0 bridgehead atoms. The molecule has 2 aromatic rings. The Labute approximate surface area is 116 Å². The van der Waals surface area contributed by atoms with Crippen LogP contribution in [0.25, 0.3) is 0 Å². The van der Waals surface area contributed by atoms with E-state index in [-0.39, 0.29) is 12.4 Å². The van der Waals surface area contributed by atoms with Gasteiger partial charge in [-0.25, -0.2) is 0 Å². The molecule has 0 amide bonds. The summed E-state index contributed by atoms with van der Waals surface area (Å²) < 4.78 is 26.8. The Morgan fingerprint density at radius 3 is 2.50 bits per heavy atom. The molecule has 1 unspecified atom stereocenters. The Kier molecular flexibility index (Phi) is 4.38. The van der Waals surface area contributed by atoms with Crippen LogP contribution in [0.3, 0.4) is 0 Å². The number of hydrogen-bond acceptors (Lipinski definition) is 6. The summed E-state index contributed by atoms with van der Waals surface area (Å²) in [5, 5.41) is 10.5. The van der Waals surface area contributed by atoms with Crippen molar-refractivity contribution in [3.8, 4) is 5.75 Å². The molecular weight excluding hydrogens is 284 g/mol. The molecule has 2 rings (SSSR count). The van der Waals surface area contributed by atoms with Gasteiger partial charge in [-0.05, 0) is 21.5 Å². The van der Waals surface area contributed by atoms with Crippen LogP contribution in [0.4, 0.5) is 5.82 Å². The minimum Gasteiger partial charge on any atom is -0.766 e. The topological polar surface area (TPSA) is 105 Å². The molecule has 8 heteroatoms. The molecular formula is C12H9N2O5S-. The van der Waals surface area contributed by atoms with E-state index in [0.29, 0.717) is 0 Å². The maximum absolute atomic E-state index is 10.9. The smallest absolute Gasteiger partial charge is 0.407 e. The van der Waals surface area contributed by atoms with E-state index in [0.717, 1.165) is 11.6 Å². The van der Waals surface area contributed by atoms with Crippen LogP contribution >= 0.6 is 0 Å². The summed E-state index contributed by atoms with van der Waals surface area (Å²) in [5.41, 5.74) is 0.832. The largest absolute Gasteiger partial charge is 0.766 e. The number of ether oxygens (including phenoxy) is 1. The average Bonchev–Trinajstić information content (AvgIpc) is 2.45. The van der Waals surface area contributed by atoms with Gasteiger partial charge >= 0.3 is 5.82 Å². The standard InChI is InChI=1S/C12H10N2O5S/c15-14(16)12-10(6-7-11(13-12)20(17)18)19-8-9-4-2-1-3-5-9/h1-7H,8H2,(H,17,18)/p-1. The second kappa shape index (κ2) is 6.22. The number of pyridine rings is 1. The quantitative estimate of drug-likeness (QED) is 0.473. The normalized spacial score (nSPS) is 11.8. The minimum atomic E-state index is -2.63. The third-order valence-electron chi connectivity index (χ3n) is 2.39. The van der Waals surface area contributed by atoms with Gasteiger partial charge in [-0.1, -0.05) is 30.3 Å². The molecule has 0 N–H and O–H groups in total. The van der Waals surface area contributed by atoms with Crippen molar-refractivity contribution in [2.45, 2.75) is 11.6 Å². The molecule has 1 aromatic heterocycles. The first-order valence-corrected chi connectivity index (χ1v) is 6.57. The number of nitrogens with zero attached hydrogens (tertiary/aromatic N) is 2. The van der Waals surface area contributed by atoms with E-state index >= 15 is 0 Å². The van der Waals surface area contributed by atoms with E-state index in [1.807, 2.05) is 18.2 Å². The van der Waals surface area contributed by atoms with Gasteiger partial charge in [0.15, 0.2) is 0 Å². The second-order valence-electron chi connectivity index (χ2n) is 3.74. The van der Waals surface area contributed by atoms with E-state index < -0.39 is 26.8 Å². The first-order chi connectivity index (χ1) is 9.58. The number of nitro groups is 1. The van der Waals surface area contributed by atoms with Crippen LogP contribution in [0.15, 0.2) is 47.5 Å². The van der Waals surface area contributed by atoms with Gasteiger partial charge in [-0.3, -0.25) is 4.21 Å². The summed E-state index contributed by atoms with van der Waals surface area (Å²) >= 11 is -2.63. The maximum Gasteiger partial charge on any atom is 0.407 e. The van der Waals surface area contributed by atoms with Crippen LogP contribution < -0.4 is 4.74 Å². The summed E-state index contributed by atoms with van der Waals surface area (Å²) in [6, 6.07) is 11.5. The van der Waals surface area contributed by atoms with Crippen molar-refractivity contribution in [1.29, 1.82) is 0 Å². The molecule has 0 aliphatic heterocycles. The lowest BCUT2D eigenvalue weighted by atomic mass is 10.2. The van der Waals surface area contributed by atoms with E-state index in [1.165, 1.54) is 6.07 Å². The lowest BCUT2D eigenvalue weighted by Crippen LogP contribution is -2.03. The Morgan fingerprint density at radius 1 is 1.20 bits per heavy atom. The highest BCUT2D eigenvalue weighted by atomic mass is 32.2. The molecule has 0 radical (unpaired) electrons. The summed E-state index contributed by atoms with van der Waals surface area (Å²) in [7, 11) is 0. The van der Waals surface area contributed by atoms with Gasteiger partial charge in [0.1, 0.15) is 6.61 Å². The summed E-state index contributed by atoms with van der Waals surface area (Å²) in [6.45, 7) is 0.128. The summed E-state index contributed by atoms with van der Waals surface area (Å²) in [6.07, 6.45) is 0. The maximum atomic E-state index is 10.9. The fourth-order valence-electron chi connectivity index (χ4n) is 1.49. The molecule has 0 saturated heterocycles. The third kappa shape index (κ3) is 3.37. The number of hydrogen-bond donors (Lipinski definition) is 0. The molecule has 0 fully saturated rings. The summed E-state index contributed by atoms with van der Waals surface area (Å²) in [5.74, 6) is -0.698. The van der Waals surface area contributed by atoms with E-state index in [9.17, 15) is 18.9 Å². The molecule has 1 heterocycles. The number of aromatic nitrogens is 1. The van der Waals surface area contributed by atoms with Crippen LogP contribution in [0.1, 0.15) is 5.56 Å². The highest BCUT2D eigenvalue weighted by Gasteiger charge is 2.19. The number of rotatable bonds is 5. The highest BCUT2D eigenvalue weighted by molar-refractivity contribution is 7.79. The highest BCUT2D eigenvalue weighted by Crippen LogP contribution is 2.26. The predicted molar refractivity (Wildman–Crippen MR) is 68.9 cm³/mol. The van der Waals surface area contributed by atoms with Crippen molar-refractivity contribution in [3.63, 3.8) is 0 Å². The van der Waals surface area contributed by atoms with Gasteiger partial charge < -0.3 is 19.4 Å². The predicted octanol–water partition coefficient (Wildman–Crippen LogP) is 1.81. The fraction of sp³-hybridized carbons (Fsp3) is 0.0833. The van der Waals surface area contributed by atoms with Crippen LogP contribution in [0.2, 0.25) is 0 Å². The minimum absolute atomic E-state index is 0.0759. The molecule has 20 heavy (non-hydrogen) atoms. The summed E-state index contributed by atoms with van der Waals surface area (Å²) in [4.78, 5) is 13.5. The zero-order valence-corrected chi connectivity index (χ0v) is 10.9. The molecule has 0 spiro atoms. The van der Waals surface area contributed by atoms with Gasteiger partial charge in [0.25, 0.3) is 0 Å². The Hall–Kier alpha value is -2.32. The third-order valence-corrected chi connectivity index (χ3v) is 2.96. The van der Waals surface area contributed by atoms with Crippen molar-refractivity contribution in [2.24, 2.45) is 0 Å². The van der Waals surface area contributed by atoms with E-state index in [4.69, 9.17) is 4.74 Å². The second-order valence-corrected chi connectivity index (χ2v) is 4.63. The average molecular weight is 293 g/mol. The molecule has 0 saturated carbocycles. The van der Waals surface area contributed by atoms with Gasteiger partial charge in [0.2, 0.25) is 10.8 Å². The SMILES string of the molecule is O=[N+]([O-])c1nc(S(=O)[O-])ccc1OCc1ccccc1. The van der Waals surface area contributed by atoms with Crippen molar-refractivity contribution >= 4 is 16.9 Å². The first-order valence-electron chi connectivity index (χ1n) is 5.49. The molecule has 1 aromatic carbocycles. The monoisotopic (exact) mass is 293 g/mol. The van der Waals surface area contributed by atoms with Gasteiger partial charge in [-0.2, -0.15) is 0 Å². The van der Waals surface area contributed by atoms with Crippen molar-refractivity contribution in [2.75, 3.05) is 0 Å². The lowest BCUT2D eigenvalue weighted by molar-refractivity contribution is -0.391. The van der Waals surface area contributed by atoms with Crippen LogP contribution in [-0.4, -0.2) is 18.7 Å². The Bertz CT molecular complexity index is 648. The van der Waals surface area contributed by atoms with Gasteiger partial charge in [0.05, 0.1) is 0 Å². The van der Waals surface area contributed by atoms with Gasteiger partial charge in [-0.15, -0.1) is 0 Å². The van der Waals surface area contributed by atoms with Crippen LogP contribution in [0.5, 0.6) is 5.75 Å². The molecule has 0 aliphatic carbocycles. The Morgan fingerprint density at radius 2 is 1.90 bits per heavy atom. The van der Waals surface area contributed by atoms with Crippen molar-refractivity contribution in [3.05, 3.63) is 58.1 Å². The van der Waals surface area contributed by atoms with Crippen molar-refractivity contribution < 1.29 is 18.4 Å². The lowest BCUT2D eigenvalue weighted by Gasteiger charge is -2.07. The van der Waals surface area contributed by atoms with Gasteiger partial charge in [0, 0.05) is 17.1 Å². The van der Waals surface area contributed by atoms with E-state index in [1.54, 1.807) is 12.1 Å². The molecule has 7 nitrogen and oxygen atoms in total.